The maximum absolute atomic E-state index is 12.5. The highest BCUT2D eigenvalue weighted by molar-refractivity contribution is 5.90. The minimum Gasteiger partial charge on any atom is -0.466 e. The highest BCUT2D eigenvalue weighted by Crippen LogP contribution is 2.22. The van der Waals surface area contributed by atoms with E-state index in [0.29, 0.717) is 12.3 Å². The molecule has 4 heteroatoms. The predicted octanol–water partition coefficient (Wildman–Crippen LogP) is 4.62. The third-order valence-electron chi connectivity index (χ3n) is 6.06. The maximum atomic E-state index is 12.5. The van der Waals surface area contributed by atoms with Crippen LogP contribution in [0.2, 0.25) is 0 Å². The van der Waals surface area contributed by atoms with Crippen molar-refractivity contribution in [2.24, 2.45) is 5.92 Å². The van der Waals surface area contributed by atoms with Gasteiger partial charge in [-0.15, -0.1) is 0 Å². The zero-order valence-corrected chi connectivity index (χ0v) is 17.4. The molecule has 3 aromatic rings. The summed E-state index contributed by atoms with van der Waals surface area (Å²) >= 11 is 0. The molecule has 4 rings (SSSR count). The summed E-state index contributed by atoms with van der Waals surface area (Å²) in [5.74, 6) is 2.70. The van der Waals surface area contributed by atoms with Crippen molar-refractivity contribution in [1.82, 2.24) is 10.2 Å². The zero-order valence-electron chi connectivity index (χ0n) is 17.4. The van der Waals surface area contributed by atoms with E-state index < -0.39 is 0 Å². The van der Waals surface area contributed by atoms with Gasteiger partial charge in [-0.25, -0.2) is 0 Å². The third-order valence-corrected chi connectivity index (χ3v) is 6.06. The molecule has 0 bridgehead atoms. The lowest BCUT2D eigenvalue weighted by molar-refractivity contribution is -0.120. The smallest absolute Gasteiger partial charge is 0.224 e. The Labute approximate surface area is 172 Å². The number of piperidine rings is 1. The number of amides is 1. The van der Waals surface area contributed by atoms with Crippen molar-refractivity contribution in [2.45, 2.75) is 39.7 Å². The first-order chi connectivity index (χ1) is 14.1. The van der Waals surface area contributed by atoms with Gasteiger partial charge in [-0.1, -0.05) is 42.5 Å². The number of nitrogens with zero attached hydrogens (tertiary/aromatic N) is 1. The van der Waals surface area contributed by atoms with Gasteiger partial charge < -0.3 is 9.73 Å². The minimum atomic E-state index is 0.119. The van der Waals surface area contributed by atoms with Crippen molar-refractivity contribution < 1.29 is 9.21 Å². The van der Waals surface area contributed by atoms with Crippen molar-refractivity contribution in [1.29, 1.82) is 0 Å². The van der Waals surface area contributed by atoms with Crippen molar-refractivity contribution >= 4 is 16.7 Å². The summed E-state index contributed by atoms with van der Waals surface area (Å²) in [4.78, 5) is 15.0. The van der Waals surface area contributed by atoms with Crippen molar-refractivity contribution in [2.75, 3.05) is 19.6 Å². The van der Waals surface area contributed by atoms with E-state index in [2.05, 4.69) is 40.5 Å². The van der Waals surface area contributed by atoms with Crippen molar-refractivity contribution in [3.8, 4) is 0 Å². The number of rotatable bonds is 6. The fourth-order valence-corrected chi connectivity index (χ4v) is 4.37. The summed E-state index contributed by atoms with van der Waals surface area (Å²) in [6.45, 7) is 7.94. The van der Waals surface area contributed by atoms with Gasteiger partial charge in [0, 0.05) is 18.7 Å². The van der Waals surface area contributed by atoms with Crippen LogP contribution in [0.3, 0.4) is 0 Å². The van der Waals surface area contributed by atoms with Crippen molar-refractivity contribution in [3.63, 3.8) is 0 Å². The zero-order chi connectivity index (χ0) is 20.2. The normalized spacial score (nSPS) is 15.7. The molecule has 0 spiro atoms. The van der Waals surface area contributed by atoms with Crippen LogP contribution in [0.15, 0.2) is 52.9 Å². The predicted molar refractivity (Wildman–Crippen MR) is 117 cm³/mol. The van der Waals surface area contributed by atoms with Crippen LogP contribution in [0.1, 0.15) is 35.5 Å². The molecule has 29 heavy (non-hydrogen) atoms. The molecular weight excluding hydrogens is 360 g/mol. The SMILES string of the molecule is Cc1cc(CN2CCC(CNC(=O)Cc3cccc4ccccc34)CC2)c(C)o1. The quantitative estimate of drug-likeness (QED) is 0.668. The number of nitrogens with one attached hydrogen (secondary N) is 1. The van der Waals surface area contributed by atoms with Gasteiger partial charge in [-0.05, 0) is 68.1 Å². The summed E-state index contributed by atoms with van der Waals surface area (Å²) in [7, 11) is 0. The number of carbonyl (C=O) groups excluding carboxylic acids is 1. The lowest BCUT2D eigenvalue weighted by Gasteiger charge is -2.31. The summed E-state index contributed by atoms with van der Waals surface area (Å²) in [6.07, 6.45) is 2.70. The van der Waals surface area contributed by atoms with Crippen LogP contribution in [0.25, 0.3) is 10.8 Å². The minimum absolute atomic E-state index is 0.119. The second-order valence-electron chi connectivity index (χ2n) is 8.28. The highest BCUT2D eigenvalue weighted by atomic mass is 16.3. The molecule has 152 valence electrons. The first-order valence-electron chi connectivity index (χ1n) is 10.6. The van der Waals surface area contributed by atoms with Crippen LogP contribution in [-0.4, -0.2) is 30.4 Å². The summed E-state index contributed by atoms with van der Waals surface area (Å²) in [5, 5.41) is 5.53. The molecule has 0 atom stereocenters. The van der Waals surface area contributed by atoms with Crippen LogP contribution in [0.5, 0.6) is 0 Å². The second kappa shape index (κ2) is 8.83. The van der Waals surface area contributed by atoms with Crippen LogP contribution in [-0.2, 0) is 17.8 Å². The van der Waals surface area contributed by atoms with Gasteiger partial charge in [0.15, 0.2) is 0 Å². The molecule has 1 aromatic heterocycles. The number of fused-ring (bicyclic) bond motifs is 1. The molecule has 0 radical (unpaired) electrons. The van der Waals surface area contributed by atoms with Crippen LogP contribution in [0.4, 0.5) is 0 Å². The van der Waals surface area contributed by atoms with E-state index in [1.54, 1.807) is 0 Å². The Hall–Kier alpha value is -2.59. The van der Waals surface area contributed by atoms with Crippen LogP contribution in [0, 0.1) is 19.8 Å². The molecule has 1 N–H and O–H groups in total. The second-order valence-corrected chi connectivity index (χ2v) is 8.28. The number of furan rings is 1. The molecule has 4 nitrogen and oxygen atoms in total. The molecule has 1 amide bonds. The van der Waals surface area contributed by atoms with Gasteiger partial charge in [0.05, 0.1) is 6.42 Å². The Morgan fingerprint density at radius 2 is 1.83 bits per heavy atom. The van der Waals surface area contributed by atoms with Crippen molar-refractivity contribution in [3.05, 3.63) is 71.2 Å². The lowest BCUT2D eigenvalue weighted by Crippen LogP contribution is -2.38. The summed E-state index contributed by atoms with van der Waals surface area (Å²) in [6, 6.07) is 16.6. The third kappa shape index (κ3) is 4.88. The van der Waals surface area contributed by atoms with Gasteiger partial charge in [0.1, 0.15) is 11.5 Å². The van der Waals surface area contributed by atoms with E-state index in [0.717, 1.165) is 56.1 Å². The Morgan fingerprint density at radius 3 is 2.59 bits per heavy atom. The van der Waals surface area contributed by atoms with E-state index in [-0.39, 0.29) is 5.91 Å². The van der Waals surface area contributed by atoms with E-state index in [4.69, 9.17) is 4.42 Å². The summed E-state index contributed by atoms with van der Waals surface area (Å²) in [5.41, 5.74) is 2.39. The molecular formula is C25H30N2O2. The largest absolute Gasteiger partial charge is 0.466 e. The first kappa shape index (κ1) is 19.7. The monoisotopic (exact) mass is 390 g/mol. The lowest BCUT2D eigenvalue weighted by atomic mass is 9.96. The molecule has 1 saturated heterocycles. The first-order valence-corrected chi connectivity index (χ1v) is 10.6. The van der Waals surface area contributed by atoms with E-state index in [9.17, 15) is 4.79 Å². The summed E-state index contributed by atoms with van der Waals surface area (Å²) < 4.78 is 5.64. The number of hydrogen-bond donors (Lipinski definition) is 1. The average molecular weight is 391 g/mol. The molecule has 1 aliphatic rings. The molecule has 1 aliphatic heterocycles. The van der Waals surface area contributed by atoms with Gasteiger partial charge in [0.2, 0.25) is 5.91 Å². The molecule has 1 fully saturated rings. The molecule has 0 saturated carbocycles. The molecule has 2 aromatic carbocycles. The van der Waals surface area contributed by atoms with Crippen LogP contribution < -0.4 is 5.32 Å². The molecule has 2 heterocycles. The maximum Gasteiger partial charge on any atom is 0.224 e. The Kier molecular flexibility index (Phi) is 6.00. The number of carbonyl (C=O) groups is 1. The van der Waals surface area contributed by atoms with E-state index >= 15 is 0 Å². The molecule has 0 unspecified atom stereocenters. The van der Waals surface area contributed by atoms with Gasteiger partial charge in [-0.2, -0.15) is 0 Å². The number of hydrogen-bond acceptors (Lipinski definition) is 3. The Balaban J connectivity index is 1.24. The standard InChI is InChI=1S/C25H30N2O2/c1-18-14-23(19(2)29-18)17-27-12-10-20(11-13-27)16-26-25(28)15-22-8-5-7-21-6-3-4-9-24(21)22/h3-9,14,20H,10-13,15-17H2,1-2H3,(H,26,28). The fourth-order valence-electron chi connectivity index (χ4n) is 4.37. The van der Waals surface area contributed by atoms with Gasteiger partial charge >= 0.3 is 0 Å². The van der Waals surface area contributed by atoms with Gasteiger partial charge in [0.25, 0.3) is 0 Å². The van der Waals surface area contributed by atoms with Crippen LogP contribution >= 0.6 is 0 Å². The highest BCUT2D eigenvalue weighted by Gasteiger charge is 2.21. The molecule has 0 aliphatic carbocycles. The number of likely N-dealkylation sites (tertiary alicyclic amines) is 1. The van der Waals surface area contributed by atoms with E-state index in [1.807, 2.05) is 32.0 Å². The number of aryl methyl sites for hydroxylation is 2. The topological polar surface area (TPSA) is 45.5 Å². The number of benzene rings is 2. The average Bonchev–Trinajstić information content (AvgIpc) is 3.04. The fraction of sp³-hybridized carbons (Fsp3) is 0.400. The van der Waals surface area contributed by atoms with Gasteiger partial charge in [-0.3, -0.25) is 9.69 Å². The van der Waals surface area contributed by atoms with E-state index in [1.165, 1.54) is 16.3 Å². The Bertz CT molecular complexity index is 978. The Morgan fingerprint density at radius 1 is 1.07 bits per heavy atom.